The first kappa shape index (κ1) is 18.3. The third kappa shape index (κ3) is 4.61. The molecule has 0 unspecified atom stereocenters. The van der Waals surface area contributed by atoms with Crippen molar-refractivity contribution in [1.29, 1.82) is 0 Å². The zero-order valence-corrected chi connectivity index (χ0v) is 13.4. The minimum atomic E-state index is -0.294. The molecule has 1 aromatic rings. The number of anilines is 2. The van der Waals surface area contributed by atoms with Gasteiger partial charge in [0.2, 0.25) is 5.91 Å². The molecule has 7 heteroatoms. The molecule has 0 bridgehead atoms. The van der Waals surface area contributed by atoms with Crippen LogP contribution in [0.4, 0.5) is 16.2 Å². The van der Waals surface area contributed by atoms with E-state index in [1.807, 2.05) is 0 Å². The predicted octanol–water partition coefficient (Wildman–Crippen LogP) is 2.17. The molecule has 5 N–H and O–H groups in total. The number of rotatable bonds is 4. The van der Waals surface area contributed by atoms with Crippen molar-refractivity contribution in [1.82, 2.24) is 5.32 Å². The lowest BCUT2D eigenvalue weighted by atomic mass is 9.95. The number of hydrogen-bond donors (Lipinski definition) is 4. The van der Waals surface area contributed by atoms with Gasteiger partial charge in [0.1, 0.15) is 0 Å². The molecule has 0 radical (unpaired) electrons. The summed E-state index contributed by atoms with van der Waals surface area (Å²) in [4.78, 5) is 23.6. The standard InChI is InChI=1S/C15H22N4O2.ClH/c1-17-15(21)19-12-6-3-5-11(8-12)18-14(20)13-7-2-4-10(13)9-16;/h3,5-6,8,10,13H,2,4,7,9,16H2,1H3,(H,18,20)(H2,17,19,21);1H/t10-,13-;/m1./s1. The summed E-state index contributed by atoms with van der Waals surface area (Å²) in [6, 6.07) is 6.80. The fraction of sp³-hybridized carbons (Fsp3) is 0.467. The molecule has 0 saturated heterocycles. The quantitative estimate of drug-likeness (QED) is 0.682. The minimum Gasteiger partial charge on any atom is -0.341 e. The van der Waals surface area contributed by atoms with Crippen LogP contribution < -0.4 is 21.7 Å². The Morgan fingerprint density at radius 3 is 2.55 bits per heavy atom. The summed E-state index contributed by atoms with van der Waals surface area (Å²) < 4.78 is 0. The fourth-order valence-electron chi connectivity index (χ4n) is 2.77. The van der Waals surface area contributed by atoms with Gasteiger partial charge >= 0.3 is 6.03 Å². The van der Waals surface area contributed by atoms with Crippen LogP contribution in [0.5, 0.6) is 0 Å². The zero-order valence-electron chi connectivity index (χ0n) is 12.6. The molecule has 0 aromatic heterocycles. The first-order chi connectivity index (χ1) is 10.1. The SMILES string of the molecule is CNC(=O)Nc1cccc(NC(=O)[C@@H]2CCC[C@@H]2CN)c1.Cl. The molecule has 3 amide bonds. The number of nitrogens with one attached hydrogen (secondary N) is 3. The monoisotopic (exact) mass is 326 g/mol. The molecule has 0 spiro atoms. The van der Waals surface area contributed by atoms with Gasteiger partial charge in [-0.15, -0.1) is 12.4 Å². The molecule has 1 aliphatic rings. The van der Waals surface area contributed by atoms with Gasteiger partial charge in [-0.3, -0.25) is 4.79 Å². The summed E-state index contributed by atoms with van der Waals surface area (Å²) >= 11 is 0. The van der Waals surface area contributed by atoms with E-state index in [9.17, 15) is 9.59 Å². The van der Waals surface area contributed by atoms with Gasteiger partial charge in [0.25, 0.3) is 0 Å². The van der Waals surface area contributed by atoms with Crippen molar-refractivity contribution in [3.05, 3.63) is 24.3 Å². The van der Waals surface area contributed by atoms with Crippen molar-refractivity contribution in [3.63, 3.8) is 0 Å². The number of hydrogen-bond acceptors (Lipinski definition) is 3. The number of carbonyl (C=O) groups is 2. The molecule has 1 saturated carbocycles. The minimum absolute atomic E-state index is 0. The molecule has 1 fully saturated rings. The van der Waals surface area contributed by atoms with E-state index in [2.05, 4.69) is 16.0 Å². The Labute approximate surface area is 136 Å². The fourth-order valence-corrected chi connectivity index (χ4v) is 2.77. The number of benzene rings is 1. The summed E-state index contributed by atoms with van der Waals surface area (Å²) in [5.74, 6) is 0.280. The molecular weight excluding hydrogens is 304 g/mol. The lowest BCUT2D eigenvalue weighted by Crippen LogP contribution is -2.29. The Balaban J connectivity index is 0.00000242. The van der Waals surface area contributed by atoms with Crippen LogP contribution >= 0.6 is 12.4 Å². The predicted molar refractivity (Wildman–Crippen MR) is 90.3 cm³/mol. The maximum absolute atomic E-state index is 12.3. The van der Waals surface area contributed by atoms with Gasteiger partial charge in [0, 0.05) is 24.3 Å². The Morgan fingerprint density at radius 2 is 1.91 bits per heavy atom. The van der Waals surface area contributed by atoms with Gasteiger partial charge < -0.3 is 21.7 Å². The summed E-state index contributed by atoms with van der Waals surface area (Å²) in [7, 11) is 1.55. The lowest BCUT2D eigenvalue weighted by Gasteiger charge is -2.17. The van der Waals surface area contributed by atoms with E-state index >= 15 is 0 Å². The summed E-state index contributed by atoms with van der Waals surface area (Å²) in [6.45, 7) is 0.552. The normalized spacial score (nSPS) is 19.9. The molecule has 2 atom stereocenters. The van der Waals surface area contributed by atoms with Gasteiger partial charge in [-0.2, -0.15) is 0 Å². The number of amides is 3. The van der Waals surface area contributed by atoms with Crippen LogP contribution in [-0.4, -0.2) is 25.5 Å². The maximum atomic E-state index is 12.3. The number of urea groups is 1. The highest BCUT2D eigenvalue weighted by atomic mass is 35.5. The van der Waals surface area contributed by atoms with Gasteiger partial charge in [-0.25, -0.2) is 4.79 Å². The van der Waals surface area contributed by atoms with E-state index in [1.165, 1.54) is 0 Å². The van der Waals surface area contributed by atoms with E-state index in [1.54, 1.807) is 31.3 Å². The van der Waals surface area contributed by atoms with Crippen LogP contribution in [0.25, 0.3) is 0 Å². The van der Waals surface area contributed by atoms with E-state index in [-0.39, 0.29) is 36.2 Å². The maximum Gasteiger partial charge on any atom is 0.318 e. The van der Waals surface area contributed by atoms with Crippen LogP contribution in [0.2, 0.25) is 0 Å². The van der Waals surface area contributed by atoms with Gasteiger partial charge in [0.05, 0.1) is 0 Å². The topological polar surface area (TPSA) is 96.2 Å². The van der Waals surface area contributed by atoms with E-state index < -0.39 is 0 Å². The van der Waals surface area contributed by atoms with E-state index in [0.717, 1.165) is 19.3 Å². The van der Waals surface area contributed by atoms with Crippen LogP contribution in [0.1, 0.15) is 19.3 Å². The van der Waals surface area contributed by atoms with Crippen molar-refractivity contribution in [2.75, 3.05) is 24.2 Å². The van der Waals surface area contributed by atoms with Crippen molar-refractivity contribution in [3.8, 4) is 0 Å². The van der Waals surface area contributed by atoms with Crippen LogP contribution in [-0.2, 0) is 4.79 Å². The lowest BCUT2D eigenvalue weighted by molar-refractivity contribution is -0.120. The van der Waals surface area contributed by atoms with Crippen molar-refractivity contribution in [2.45, 2.75) is 19.3 Å². The average molecular weight is 327 g/mol. The number of carbonyl (C=O) groups excluding carboxylic acids is 2. The third-order valence-electron chi connectivity index (χ3n) is 3.91. The highest BCUT2D eigenvalue weighted by molar-refractivity contribution is 5.94. The largest absolute Gasteiger partial charge is 0.341 e. The van der Waals surface area contributed by atoms with Gasteiger partial charge in [-0.05, 0) is 43.5 Å². The van der Waals surface area contributed by atoms with E-state index in [4.69, 9.17) is 5.73 Å². The number of nitrogens with two attached hydrogens (primary N) is 1. The summed E-state index contributed by atoms with van der Waals surface area (Å²) in [6.07, 6.45) is 2.97. The van der Waals surface area contributed by atoms with Crippen molar-refractivity contribution < 1.29 is 9.59 Å². The first-order valence-corrected chi connectivity index (χ1v) is 7.23. The number of halogens is 1. The van der Waals surface area contributed by atoms with Crippen molar-refractivity contribution in [2.24, 2.45) is 17.6 Å². The zero-order chi connectivity index (χ0) is 15.2. The van der Waals surface area contributed by atoms with Crippen molar-refractivity contribution >= 4 is 35.7 Å². The molecule has 0 aliphatic heterocycles. The second kappa shape index (κ2) is 8.60. The second-order valence-corrected chi connectivity index (χ2v) is 5.31. The Kier molecular flexibility index (Phi) is 7.14. The highest BCUT2D eigenvalue weighted by Crippen LogP contribution is 2.32. The van der Waals surface area contributed by atoms with Gasteiger partial charge in [-0.1, -0.05) is 12.5 Å². The molecule has 0 heterocycles. The average Bonchev–Trinajstić information content (AvgIpc) is 2.96. The Morgan fingerprint density at radius 1 is 1.23 bits per heavy atom. The summed E-state index contributed by atoms with van der Waals surface area (Å²) in [5.41, 5.74) is 7.03. The highest BCUT2D eigenvalue weighted by Gasteiger charge is 2.31. The van der Waals surface area contributed by atoms with Crippen LogP contribution in [0.15, 0.2) is 24.3 Å². The summed E-state index contributed by atoms with van der Waals surface area (Å²) in [5, 5.41) is 8.07. The molecule has 1 aromatic carbocycles. The van der Waals surface area contributed by atoms with Gasteiger partial charge in [0.15, 0.2) is 0 Å². The Bertz CT molecular complexity index is 524. The molecule has 2 rings (SSSR count). The molecule has 22 heavy (non-hydrogen) atoms. The molecule has 122 valence electrons. The van der Waals surface area contributed by atoms with Crippen LogP contribution in [0.3, 0.4) is 0 Å². The molecule has 1 aliphatic carbocycles. The first-order valence-electron chi connectivity index (χ1n) is 7.23. The Hall–Kier alpha value is -1.79. The van der Waals surface area contributed by atoms with E-state index in [0.29, 0.717) is 17.9 Å². The third-order valence-corrected chi connectivity index (χ3v) is 3.91. The molecular formula is C15H23ClN4O2. The van der Waals surface area contributed by atoms with Crippen LogP contribution in [0, 0.1) is 11.8 Å². The second-order valence-electron chi connectivity index (χ2n) is 5.31. The molecule has 6 nitrogen and oxygen atoms in total. The smallest absolute Gasteiger partial charge is 0.318 e.